The third-order valence-corrected chi connectivity index (χ3v) is 3.37. The highest BCUT2D eigenvalue weighted by Gasteiger charge is 2.25. The lowest BCUT2D eigenvalue weighted by Gasteiger charge is -2.25. The van der Waals surface area contributed by atoms with Crippen molar-refractivity contribution in [3.05, 3.63) is 35.6 Å². The van der Waals surface area contributed by atoms with Crippen molar-refractivity contribution < 1.29 is 14.6 Å². The first-order chi connectivity index (χ1) is 8.20. The van der Waals surface area contributed by atoms with Crippen LogP contribution >= 0.6 is 0 Å². The topological polar surface area (TPSA) is 43.7 Å². The fourth-order valence-electron chi connectivity index (χ4n) is 2.35. The number of aliphatic hydroxyl groups excluding tert-OH is 2. The average Bonchev–Trinajstić information content (AvgIpc) is 2.77. The van der Waals surface area contributed by atoms with E-state index in [1.807, 2.05) is 0 Å². The van der Waals surface area contributed by atoms with Gasteiger partial charge in [0.15, 0.2) is 0 Å². The second-order valence-corrected chi connectivity index (χ2v) is 4.54. The third-order valence-electron chi connectivity index (χ3n) is 3.37. The molecule has 4 heteroatoms. The molecule has 17 heavy (non-hydrogen) atoms. The van der Waals surface area contributed by atoms with E-state index in [2.05, 4.69) is 4.90 Å². The van der Waals surface area contributed by atoms with Gasteiger partial charge in [-0.05, 0) is 37.1 Å². The number of hydrogen-bond donors (Lipinski definition) is 2. The summed E-state index contributed by atoms with van der Waals surface area (Å²) in [7, 11) is 0. The van der Waals surface area contributed by atoms with Crippen LogP contribution in [0.4, 0.5) is 4.39 Å². The van der Waals surface area contributed by atoms with Gasteiger partial charge in [-0.2, -0.15) is 0 Å². The molecule has 0 saturated carbocycles. The van der Waals surface area contributed by atoms with Crippen molar-refractivity contribution in [3.63, 3.8) is 0 Å². The molecule has 1 heterocycles. The Morgan fingerprint density at radius 3 is 2.71 bits per heavy atom. The Hall–Kier alpha value is -0.970. The largest absolute Gasteiger partial charge is 0.395 e. The van der Waals surface area contributed by atoms with Crippen LogP contribution in [0, 0.1) is 5.82 Å². The molecule has 1 fully saturated rings. The van der Waals surface area contributed by atoms with Gasteiger partial charge in [-0.25, -0.2) is 4.39 Å². The van der Waals surface area contributed by atoms with Crippen LogP contribution in [0.25, 0.3) is 0 Å². The lowest BCUT2D eigenvalue weighted by Crippen LogP contribution is -2.35. The maximum Gasteiger partial charge on any atom is 0.123 e. The molecule has 2 rings (SSSR count). The molecule has 1 aromatic carbocycles. The summed E-state index contributed by atoms with van der Waals surface area (Å²) < 4.78 is 12.7. The second-order valence-electron chi connectivity index (χ2n) is 4.54. The first-order valence-corrected chi connectivity index (χ1v) is 5.99. The van der Waals surface area contributed by atoms with E-state index in [0.29, 0.717) is 6.54 Å². The lowest BCUT2D eigenvalue weighted by molar-refractivity contribution is 0.0850. The van der Waals surface area contributed by atoms with Gasteiger partial charge < -0.3 is 10.2 Å². The smallest absolute Gasteiger partial charge is 0.123 e. The van der Waals surface area contributed by atoms with Crippen LogP contribution in [0.1, 0.15) is 24.5 Å². The Balaban J connectivity index is 1.96. The van der Waals surface area contributed by atoms with E-state index in [9.17, 15) is 14.6 Å². The van der Waals surface area contributed by atoms with Gasteiger partial charge in [-0.1, -0.05) is 12.1 Å². The number of aliphatic hydroxyl groups is 2. The Kier molecular flexibility index (Phi) is 4.10. The number of nitrogens with zero attached hydrogens (tertiary/aromatic N) is 1. The molecule has 0 spiro atoms. The molecule has 1 saturated heterocycles. The summed E-state index contributed by atoms with van der Waals surface area (Å²) in [6.07, 6.45) is 1.41. The molecule has 0 radical (unpaired) electrons. The molecule has 0 aliphatic carbocycles. The van der Waals surface area contributed by atoms with Crippen LogP contribution in [0.2, 0.25) is 0 Å². The van der Waals surface area contributed by atoms with Crippen LogP contribution in [0.3, 0.4) is 0 Å². The first kappa shape index (κ1) is 12.5. The molecule has 3 nitrogen and oxygen atoms in total. The minimum Gasteiger partial charge on any atom is -0.395 e. The van der Waals surface area contributed by atoms with Crippen LogP contribution in [-0.2, 0) is 0 Å². The Bertz CT molecular complexity index is 355. The zero-order valence-electron chi connectivity index (χ0n) is 9.72. The number of hydrogen-bond acceptors (Lipinski definition) is 3. The van der Waals surface area contributed by atoms with Crippen molar-refractivity contribution in [2.75, 3.05) is 19.7 Å². The molecule has 1 aromatic rings. The van der Waals surface area contributed by atoms with Crippen molar-refractivity contribution in [2.24, 2.45) is 0 Å². The predicted octanol–water partition coefficient (Wildman–Crippen LogP) is 1.32. The minimum absolute atomic E-state index is 0.135. The molecule has 0 amide bonds. The summed E-state index contributed by atoms with van der Waals surface area (Å²) >= 11 is 0. The Morgan fingerprint density at radius 2 is 2.06 bits per heavy atom. The predicted molar refractivity (Wildman–Crippen MR) is 63.0 cm³/mol. The maximum absolute atomic E-state index is 12.7. The van der Waals surface area contributed by atoms with Gasteiger partial charge >= 0.3 is 0 Å². The maximum atomic E-state index is 12.7. The molecule has 0 bridgehead atoms. The third kappa shape index (κ3) is 3.03. The van der Waals surface area contributed by atoms with Gasteiger partial charge in [-0.15, -0.1) is 0 Å². The minimum atomic E-state index is -0.622. The molecule has 0 aromatic heterocycles. The van der Waals surface area contributed by atoms with E-state index < -0.39 is 6.10 Å². The van der Waals surface area contributed by atoms with Crippen molar-refractivity contribution in [3.8, 4) is 0 Å². The number of β-amino-alcohol motifs (C(OH)–C–C–N with tert-alkyl or cyclic N) is 1. The summed E-state index contributed by atoms with van der Waals surface area (Å²) in [6, 6.07) is 6.07. The lowest BCUT2D eigenvalue weighted by atomic mass is 10.1. The number of benzene rings is 1. The highest BCUT2D eigenvalue weighted by Crippen LogP contribution is 2.21. The zero-order valence-corrected chi connectivity index (χ0v) is 9.72. The van der Waals surface area contributed by atoms with Crippen LogP contribution in [-0.4, -0.2) is 40.9 Å². The molecule has 94 valence electrons. The van der Waals surface area contributed by atoms with Crippen molar-refractivity contribution in [1.29, 1.82) is 0 Å². The molecule has 1 aliphatic rings. The van der Waals surface area contributed by atoms with Crippen LogP contribution in [0.15, 0.2) is 24.3 Å². The van der Waals surface area contributed by atoms with Gasteiger partial charge in [0.05, 0.1) is 12.7 Å². The van der Waals surface area contributed by atoms with E-state index in [1.165, 1.54) is 12.1 Å². The van der Waals surface area contributed by atoms with Gasteiger partial charge in [0, 0.05) is 12.6 Å². The number of halogens is 1. The molecule has 1 unspecified atom stereocenters. The SMILES string of the molecule is OC[C@H]1CCCN1CC(O)c1ccc(F)cc1. The summed E-state index contributed by atoms with van der Waals surface area (Å²) in [6.45, 7) is 1.54. The summed E-state index contributed by atoms with van der Waals surface area (Å²) in [5.41, 5.74) is 0.718. The molecule has 2 atom stereocenters. The average molecular weight is 239 g/mol. The number of likely N-dealkylation sites (tertiary alicyclic amines) is 1. The normalized spacial score (nSPS) is 22.9. The first-order valence-electron chi connectivity index (χ1n) is 5.99. The summed E-state index contributed by atoms with van der Waals surface area (Å²) in [4.78, 5) is 2.09. The monoisotopic (exact) mass is 239 g/mol. The standard InChI is InChI=1S/C13H18FNO2/c14-11-5-3-10(4-6-11)13(17)8-15-7-1-2-12(15)9-16/h3-6,12-13,16-17H,1-2,7-9H2/t12-,13?/m1/s1. The molecular formula is C13H18FNO2. The fourth-order valence-corrected chi connectivity index (χ4v) is 2.35. The van der Waals surface area contributed by atoms with Gasteiger partial charge in [0.25, 0.3) is 0 Å². The second kappa shape index (κ2) is 5.58. The van der Waals surface area contributed by atoms with E-state index in [1.54, 1.807) is 12.1 Å². The highest BCUT2D eigenvalue weighted by molar-refractivity contribution is 5.18. The Morgan fingerprint density at radius 1 is 1.35 bits per heavy atom. The van der Waals surface area contributed by atoms with E-state index in [4.69, 9.17) is 0 Å². The summed E-state index contributed by atoms with van der Waals surface area (Å²) in [5, 5.41) is 19.2. The van der Waals surface area contributed by atoms with Crippen molar-refractivity contribution in [1.82, 2.24) is 4.90 Å². The van der Waals surface area contributed by atoms with E-state index >= 15 is 0 Å². The highest BCUT2D eigenvalue weighted by atomic mass is 19.1. The number of rotatable bonds is 4. The fraction of sp³-hybridized carbons (Fsp3) is 0.538. The van der Waals surface area contributed by atoms with Gasteiger partial charge in [0.2, 0.25) is 0 Å². The zero-order chi connectivity index (χ0) is 12.3. The molecule has 1 aliphatic heterocycles. The van der Waals surface area contributed by atoms with E-state index in [-0.39, 0.29) is 18.5 Å². The summed E-state index contributed by atoms with van der Waals surface area (Å²) in [5.74, 6) is -0.296. The van der Waals surface area contributed by atoms with Crippen LogP contribution < -0.4 is 0 Å². The quantitative estimate of drug-likeness (QED) is 0.832. The van der Waals surface area contributed by atoms with E-state index in [0.717, 1.165) is 24.9 Å². The van der Waals surface area contributed by atoms with Gasteiger partial charge in [0.1, 0.15) is 5.82 Å². The van der Waals surface area contributed by atoms with Crippen LogP contribution in [0.5, 0.6) is 0 Å². The Labute approximate surface area is 100 Å². The molecular weight excluding hydrogens is 221 g/mol. The molecule has 2 N–H and O–H groups in total. The van der Waals surface area contributed by atoms with Crippen molar-refractivity contribution >= 4 is 0 Å². The van der Waals surface area contributed by atoms with Gasteiger partial charge in [-0.3, -0.25) is 4.90 Å². The van der Waals surface area contributed by atoms with Crippen molar-refractivity contribution in [2.45, 2.75) is 25.0 Å².